The summed E-state index contributed by atoms with van der Waals surface area (Å²) < 4.78 is 5.96. The highest BCUT2D eigenvalue weighted by molar-refractivity contribution is 6.31. The SMILES string of the molecule is CCCCCCCCc1ccc(OC2CN[C@H](CO)C2)cc1Cl. The Labute approximate surface area is 145 Å². The van der Waals surface area contributed by atoms with Crippen molar-refractivity contribution in [2.75, 3.05) is 13.2 Å². The van der Waals surface area contributed by atoms with Crippen LogP contribution in [0.4, 0.5) is 0 Å². The van der Waals surface area contributed by atoms with Crippen LogP contribution < -0.4 is 10.1 Å². The van der Waals surface area contributed by atoms with Crippen LogP contribution in [-0.2, 0) is 6.42 Å². The minimum Gasteiger partial charge on any atom is -0.489 e. The van der Waals surface area contributed by atoms with E-state index < -0.39 is 0 Å². The maximum atomic E-state index is 9.14. The molecule has 3 nitrogen and oxygen atoms in total. The van der Waals surface area contributed by atoms with Crippen LogP contribution in [0.25, 0.3) is 0 Å². The molecule has 2 rings (SSSR count). The minimum atomic E-state index is 0.118. The van der Waals surface area contributed by atoms with Crippen molar-refractivity contribution >= 4 is 11.6 Å². The van der Waals surface area contributed by atoms with Gasteiger partial charge in [-0.1, -0.05) is 56.7 Å². The van der Waals surface area contributed by atoms with Crippen molar-refractivity contribution in [3.05, 3.63) is 28.8 Å². The summed E-state index contributed by atoms with van der Waals surface area (Å²) in [5, 5.41) is 13.2. The van der Waals surface area contributed by atoms with Gasteiger partial charge in [-0.15, -0.1) is 0 Å². The molecule has 1 unspecified atom stereocenters. The Morgan fingerprint density at radius 2 is 2.00 bits per heavy atom. The molecule has 2 N–H and O–H groups in total. The molecule has 1 heterocycles. The molecule has 1 aliphatic heterocycles. The summed E-state index contributed by atoms with van der Waals surface area (Å²) in [5.41, 5.74) is 1.22. The number of nitrogens with one attached hydrogen (secondary N) is 1. The molecule has 0 amide bonds. The maximum Gasteiger partial charge on any atom is 0.121 e. The number of rotatable bonds is 10. The number of halogens is 1. The van der Waals surface area contributed by atoms with Crippen molar-refractivity contribution in [3.8, 4) is 5.75 Å². The van der Waals surface area contributed by atoms with Crippen LogP contribution in [0.15, 0.2) is 18.2 Å². The third-order valence-electron chi connectivity index (χ3n) is 4.53. The topological polar surface area (TPSA) is 41.5 Å². The lowest BCUT2D eigenvalue weighted by Crippen LogP contribution is -2.25. The van der Waals surface area contributed by atoms with Crippen molar-refractivity contribution in [1.82, 2.24) is 5.32 Å². The van der Waals surface area contributed by atoms with Gasteiger partial charge in [0.2, 0.25) is 0 Å². The molecule has 0 saturated carbocycles. The van der Waals surface area contributed by atoms with Gasteiger partial charge in [0, 0.05) is 24.0 Å². The van der Waals surface area contributed by atoms with Crippen LogP contribution in [0.1, 0.15) is 57.4 Å². The summed E-state index contributed by atoms with van der Waals surface area (Å²) in [6, 6.07) is 6.20. The van der Waals surface area contributed by atoms with Crippen LogP contribution in [0.3, 0.4) is 0 Å². The Hall–Kier alpha value is -0.770. The first-order valence-corrected chi connectivity index (χ1v) is 9.40. The number of benzene rings is 1. The summed E-state index contributed by atoms with van der Waals surface area (Å²) in [5.74, 6) is 0.826. The van der Waals surface area contributed by atoms with Crippen LogP contribution in [0.2, 0.25) is 5.02 Å². The van der Waals surface area contributed by atoms with E-state index in [4.69, 9.17) is 21.4 Å². The highest BCUT2D eigenvalue weighted by Crippen LogP contribution is 2.26. The number of aliphatic hydroxyl groups excluding tert-OH is 1. The van der Waals surface area contributed by atoms with E-state index in [9.17, 15) is 0 Å². The molecule has 0 aliphatic carbocycles. The molecule has 1 fully saturated rings. The van der Waals surface area contributed by atoms with Gasteiger partial charge in [0.1, 0.15) is 11.9 Å². The predicted molar refractivity (Wildman–Crippen MR) is 96.4 cm³/mol. The van der Waals surface area contributed by atoms with Crippen molar-refractivity contribution in [2.45, 2.75) is 70.4 Å². The third-order valence-corrected chi connectivity index (χ3v) is 4.88. The van der Waals surface area contributed by atoms with Gasteiger partial charge in [-0.2, -0.15) is 0 Å². The van der Waals surface area contributed by atoms with Crippen molar-refractivity contribution < 1.29 is 9.84 Å². The number of ether oxygens (including phenoxy) is 1. The summed E-state index contributed by atoms with van der Waals surface area (Å²) in [4.78, 5) is 0. The van der Waals surface area contributed by atoms with Gasteiger partial charge in [0.25, 0.3) is 0 Å². The van der Waals surface area contributed by atoms with Crippen LogP contribution in [0.5, 0.6) is 5.75 Å². The molecule has 23 heavy (non-hydrogen) atoms. The fourth-order valence-corrected chi connectivity index (χ4v) is 3.37. The fraction of sp³-hybridized carbons (Fsp3) is 0.684. The number of hydrogen-bond acceptors (Lipinski definition) is 3. The molecular formula is C19H30ClNO2. The normalized spacial score (nSPS) is 20.8. The standard InChI is InChI=1S/C19H30ClNO2/c1-2-3-4-5-6-7-8-15-9-10-17(12-19(15)20)23-18-11-16(14-22)21-13-18/h9-10,12,16,18,21-22H,2-8,11,13-14H2,1H3/t16-,18?/m0/s1. The second-order valence-electron chi connectivity index (χ2n) is 6.53. The van der Waals surface area contributed by atoms with Crippen molar-refractivity contribution in [2.24, 2.45) is 0 Å². The van der Waals surface area contributed by atoms with Gasteiger partial charge in [-0.25, -0.2) is 0 Å². The van der Waals surface area contributed by atoms with E-state index in [1.54, 1.807) is 0 Å². The first kappa shape index (κ1) is 18.6. The highest BCUT2D eigenvalue weighted by atomic mass is 35.5. The average molecular weight is 340 g/mol. The Morgan fingerprint density at radius 3 is 2.70 bits per heavy atom. The monoisotopic (exact) mass is 339 g/mol. The second kappa shape index (κ2) is 10.2. The van der Waals surface area contributed by atoms with Gasteiger partial charge in [0.15, 0.2) is 0 Å². The van der Waals surface area contributed by atoms with E-state index in [1.807, 2.05) is 12.1 Å². The van der Waals surface area contributed by atoms with E-state index in [0.717, 1.165) is 30.2 Å². The zero-order chi connectivity index (χ0) is 16.5. The lowest BCUT2D eigenvalue weighted by molar-refractivity contribution is 0.206. The number of aliphatic hydroxyl groups is 1. The first-order chi connectivity index (χ1) is 11.2. The molecule has 0 spiro atoms. The molecule has 0 aromatic heterocycles. The second-order valence-corrected chi connectivity index (χ2v) is 6.94. The largest absolute Gasteiger partial charge is 0.489 e. The van der Waals surface area contributed by atoms with Crippen molar-refractivity contribution in [3.63, 3.8) is 0 Å². The van der Waals surface area contributed by atoms with Crippen LogP contribution in [0, 0.1) is 0 Å². The molecule has 1 saturated heterocycles. The Kier molecular flexibility index (Phi) is 8.21. The van der Waals surface area contributed by atoms with Crippen LogP contribution in [-0.4, -0.2) is 30.4 Å². The molecule has 130 valence electrons. The molecule has 1 aromatic rings. The van der Waals surface area contributed by atoms with Gasteiger partial charge >= 0.3 is 0 Å². The number of hydrogen-bond donors (Lipinski definition) is 2. The van der Waals surface area contributed by atoms with E-state index in [-0.39, 0.29) is 18.8 Å². The van der Waals surface area contributed by atoms with E-state index in [0.29, 0.717) is 0 Å². The number of aryl methyl sites for hydroxylation is 1. The average Bonchev–Trinajstić information content (AvgIpc) is 3.00. The molecular weight excluding hydrogens is 310 g/mol. The molecule has 4 heteroatoms. The molecule has 1 aliphatic rings. The first-order valence-electron chi connectivity index (χ1n) is 9.02. The van der Waals surface area contributed by atoms with Gasteiger partial charge in [-0.05, 0) is 30.5 Å². The number of unbranched alkanes of at least 4 members (excludes halogenated alkanes) is 5. The summed E-state index contributed by atoms with van der Waals surface area (Å²) in [6.07, 6.45) is 9.81. The summed E-state index contributed by atoms with van der Waals surface area (Å²) in [6.45, 7) is 3.19. The minimum absolute atomic E-state index is 0.118. The van der Waals surface area contributed by atoms with E-state index >= 15 is 0 Å². The predicted octanol–water partition coefficient (Wildman–Crippen LogP) is 4.34. The molecule has 0 radical (unpaired) electrons. The maximum absolute atomic E-state index is 9.14. The molecule has 1 aromatic carbocycles. The van der Waals surface area contributed by atoms with Gasteiger partial charge in [-0.3, -0.25) is 0 Å². The fourth-order valence-electron chi connectivity index (χ4n) is 3.10. The zero-order valence-electron chi connectivity index (χ0n) is 14.2. The Morgan fingerprint density at radius 1 is 1.22 bits per heavy atom. The smallest absolute Gasteiger partial charge is 0.121 e. The Balaban J connectivity index is 1.74. The van der Waals surface area contributed by atoms with Gasteiger partial charge in [0.05, 0.1) is 6.61 Å². The summed E-state index contributed by atoms with van der Waals surface area (Å²) >= 11 is 6.40. The van der Waals surface area contributed by atoms with Crippen molar-refractivity contribution in [1.29, 1.82) is 0 Å². The lowest BCUT2D eigenvalue weighted by atomic mass is 10.0. The zero-order valence-corrected chi connectivity index (χ0v) is 14.9. The van der Waals surface area contributed by atoms with Crippen LogP contribution >= 0.6 is 11.6 Å². The summed E-state index contributed by atoms with van der Waals surface area (Å²) in [7, 11) is 0. The highest BCUT2D eigenvalue weighted by Gasteiger charge is 2.24. The third kappa shape index (κ3) is 6.33. The quantitative estimate of drug-likeness (QED) is 0.623. The van der Waals surface area contributed by atoms with Gasteiger partial charge < -0.3 is 15.2 Å². The molecule has 2 atom stereocenters. The van der Waals surface area contributed by atoms with E-state index in [1.165, 1.54) is 44.1 Å². The molecule has 0 bridgehead atoms. The van der Waals surface area contributed by atoms with E-state index in [2.05, 4.69) is 18.3 Å². The lowest BCUT2D eigenvalue weighted by Gasteiger charge is -2.14. The Bertz CT molecular complexity index is 467.